The van der Waals surface area contributed by atoms with Gasteiger partial charge in [0.2, 0.25) is 0 Å². The molecule has 0 saturated heterocycles. The van der Waals surface area contributed by atoms with Gasteiger partial charge < -0.3 is 23.9 Å². The quantitative estimate of drug-likeness (QED) is 0.439. The molecule has 0 aliphatic heterocycles. The molecule has 0 saturated carbocycles. The Morgan fingerprint density at radius 1 is 0.871 bits per heavy atom. The first-order chi connectivity index (χ1) is 15.2. The van der Waals surface area contributed by atoms with Gasteiger partial charge in [0.1, 0.15) is 29.6 Å². The minimum absolute atomic E-state index is 0.226. The van der Waals surface area contributed by atoms with Crippen LogP contribution in [-0.2, 0) is 13.2 Å². The summed E-state index contributed by atoms with van der Waals surface area (Å²) in [5.74, 6) is 2.56. The second-order valence-corrected chi connectivity index (χ2v) is 6.92. The second-order valence-electron chi connectivity index (χ2n) is 6.92. The molecule has 0 aliphatic carbocycles. The van der Waals surface area contributed by atoms with Crippen LogP contribution in [0, 0.1) is 0 Å². The summed E-state index contributed by atoms with van der Waals surface area (Å²) >= 11 is 0. The highest BCUT2D eigenvalue weighted by atomic mass is 16.5. The molecule has 0 radical (unpaired) electrons. The molecule has 6 nitrogen and oxygen atoms in total. The van der Waals surface area contributed by atoms with Gasteiger partial charge in [-0.25, -0.2) is 0 Å². The number of carbonyl (C=O) groups excluding carboxylic acids is 1. The smallest absolute Gasteiger partial charge is 0.287 e. The Morgan fingerprint density at radius 3 is 2.48 bits per heavy atom. The molecule has 6 heteroatoms. The predicted octanol–water partition coefficient (Wildman–Crippen LogP) is 4.96. The normalized spacial score (nSPS) is 10.6. The van der Waals surface area contributed by atoms with Crippen molar-refractivity contribution in [2.75, 3.05) is 14.2 Å². The lowest BCUT2D eigenvalue weighted by Crippen LogP contribution is -2.22. The number of furan rings is 1. The van der Waals surface area contributed by atoms with Crippen LogP contribution in [0.15, 0.2) is 77.2 Å². The van der Waals surface area contributed by atoms with Crippen molar-refractivity contribution in [1.82, 2.24) is 5.32 Å². The lowest BCUT2D eigenvalue weighted by Gasteiger charge is -2.10. The Hall–Kier alpha value is -3.93. The topological polar surface area (TPSA) is 69.9 Å². The molecule has 158 valence electrons. The van der Waals surface area contributed by atoms with Crippen molar-refractivity contribution < 1.29 is 23.4 Å². The van der Waals surface area contributed by atoms with E-state index in [4.69, 9.17) is 18.6 Å². The van der Waals surface area contributed by atoms with Crippen LogP contribution in [-0.4, -0.2) is 20.1 Å². The predicted molar refractivity (Wildman–Crippen MR) is 118 cm³/mol. The van der Waals surface area contributed by atoms with Crippen LogP contribution < -0.4 is 19.5 Å². The van der Waals surface area contributed by atoms with Gasteiger partial charge in [-0.15, -0.1) is 0 Å². The molecule has 1 amide bonds. The molecule has 0 atom stereocenters. The van der Waals surface area contributed by atoms with Crippen LogP contribution in [0.4, 0.5) is 0 Å². The Morgan fingerprint density at radius 2 is 1.68 bits per heavy atom. The zero-order chi connectivity index (χ0) is 21.6. The largest absolute Gasteiger partial charge is 0.497 e. The zero-order valence-electron chi connectivity index (χ0n) is 17.4. The lowest BCUT2D eigenvalue weighted by molar-refractivity contribution is 0.0919. The molecule has 1 heterocycles. The molecule has 31 heavy (non-hydrogen) atoms. The number of fused-ring (bicyclic) bond motifs is 1. The molecule has 1 aromatic heterocycles. The number of carbonyl (C=O) groups is 1. The van der Waals surface area contributed by atoms with E-state index >= 15 is 0 Å². The highest BCUT2D eigenvalue weighted by Gasteiger charge is 2.13. The molecule has 0 fully saturated rings. The van der Waals surface area contributed by atoms with E-state index in [-0.39, 0.29) is 18.3 Å². The van der Waals surface area contributed by atoms with Gasteiger partial charge in [0.15, 0.2) is 5.76 Å². The Kier molecular flexibility index (Phi) is 6.08. The molecule has 1 N–H and O–H groups in total. The summed E-state index contributed by atoms with van der Waals surface area (Å²) in [6.07, 6.45) is 0. The summed E-state index contributed by atoms with van der Waals surface area (Å²) in [4.78, 5) is 12.5. The Bertz CT molecular complexity index is 1200. The summed E-state index contributed by atoms with van der Waals surface area (Å²) in [7, 11) is 3.17. The van der Waals surface area contributed by atoms with Crippen molar-refractivity contribution in [2.24, 2.45) is 0 Å². The minimum Gasteiger partial charge on any atom is -0.497 e. The maximum atomic E-state index is 12.5. The number of nitrogens with one attached hydrogen (secondary N) is 1. The number of hydrogen-bond acceptors (Lipinski definition) is 5. The fourth-order valence-electron chi connectivity index (χ4n) is 3.25. The van der Waals surface area contributed by atoms with E-state index in [9.17, 15) is 4.79 Å². The number of ether oxygens (including phenoxy) is 3. The van der Waals surface area contributed by atoms with E-state index in [1.54, 1.807) is 32.4 Å². The van der Waals surface area contributed by atoms with Crippen molar-refractivity contribution in [3.05, 3.63) is 89.9 Å². The van der Waals surface area contributed by atoms with Gasteiger partial charge >= 0.3 is 0 Å². The van der Waals surface area contributed by atoms with E-state index in [0.29, 0.717) is 23.8 Å². The number of rotatable bonds is 8. The third-order valence-electron chi connectivity index (χ3n) is 4.92. The van der Waals surface area contributed by atoms with Gasteiger partial charge in [0, 0.05) is 18.2 Å². The highest BCUT2D eigenvalue weighted by molar-refractivity contribution is 5.91. The summed E-state index contributed by atoms with van der Waals surface area (Å²) in [6, 6.07) is 22.8. The van der Waals surface area contributed by atoms with Crippen LogP contribution in [0.3, 0.4) is 0 Å². The third-order valence-corrected chi connectivity index (χ3v) is 4.92. The first-order valence-corrected chi connectivity index (χ1v) is 9.85. The molecule has 3 aromatic carbocycles. The number of hydrogen-bond donors (Lipinski definition) is 1. The number of methoxy groups -OCH3 is 2. The summed E-state index contributed by atoms with van der Waals surface area (Å²) in [5.41, 5.74) is 0.836. The van der Waals surface area contributed by atoms with Crippen LogP contribution in [0.1, 0.15) is 21.9 Å². The maximum Gasteiger partial charge on any atom is 0.287 e. The van der Waals surface area contributed by atoms with Gasteiger partial charge in [0.25, 0.3) is 5.91 Å². The zero-order valence-corrected chi connectivity index (χ0v) is 17.4. The van der Waals surface area contributed by atoms with Crippen molar-refractivity contribution in [3.63, 3.8) is 0 Å². The van der Waals surface area contributed by atoms with E-state index in [1.165, 1.54) is 0 Å². The van der Waals surface area contributed by atoms with Gasteiger partial charge in [-0.1, -0.05) is 30.3 Å². The van der Waals surface area contributed by atoms with Crippen LogP contribution in [0.25, 0.3) is 10.8 Å². The average molecular weight is 417 g/mol. The highest BCUT2D eigenvalue weighted by Crippen LogP contribution is 2.25. The molecular formula is C25H23NO5. The molecule has 0 aliphatic rings. The van der Waals surface area contributed by atoms with Gasteiger partial charge in [-0.3, -0.25) is 4.79 Å². The SMILES string of the molecule is COc1ccc(CNC(=O)c2ccc(COc3ccc4ccccc4c3)o2)c(OC)c1. The van der Waals surface area contributed by atoms with Gasteiger partial charge in [-0.2, -0.15) is 0 Å². The standard InChI is InChI=1S/C25H23NO5/c1-28-20-9-8-19(24(14-20)29-2)15-26-25(27)23-12-11-22(31-23)16-30-21-10-7-17-5-3-4-6-18(17)13-21/h3-14H,15-16H2,1-2H3,(H,26,27). The molecule has 0 unspecified atom stereocenters. The summed E-state index contributed by atoms with van der Waals surface area (Å²) in [5, 5.41) is 5.10. The van der Waals surface area contributed by atoms with Gasteiger partial charge in [0.05, 0.1) is 14.2 Å². The van der Waals surface area contributed by atoms with Crippen molar-refractivity contribution in [2.45, 2.75) is 13.2 Å². The molecule has 0 bridgehead atoms. The maximum absolute atomic E-state index is 12.5. The first kappa shape index (κ1) is 20.3. The summed E-state index contributed by atoms with van der Waals surface area (Å²) in [6.45, 7) is 0.535. The van der Waals surface area contributed by atoms with Gasteiger partial charge in [-0.05, 0) is 47.2 Å². The molecule has 0 spiro atoms. The van der Waals surface area contributed by atoms with Crippen LogP contribution in [0.2, 0.25) is 0 Å². The lowest BCUT2D eigenvalue weighted by atomic mass is 10.1. The Labute approximate surface area is 180 Å². The van der Waals surface area contributed by atoms with E-state index in [0.717, 1.165) is 22.1 Å². The minimum atomic E-state index is -0.310. The number of amides is 1. The van der Waals surface area contributed by atoms with E-state index < -0.39 is 0 Å². The molecule has 4 rings (SSSR count). The monoisotopic (exact) mass is 417 g/mol. The van der Waals surface area contributed by atoms with E-state index in [2.05, 4.69) is 11.4 Å². The van der Waals surface area contributed by atoms with Crippen LogP contribution >= 0.6 is 0 Å². The average Bonchev–Trinajstić information content (AvgIpc) is 3.30. The van der Waals surface area contributed by atoms with Crippen molar-refractivity contribution in [3.8, 4) is 17.2 Å². The Balaban J connectivity index is 1.35. The fourth-order valence-corrected chi connectivity index (χ4v) is 3.25. The molecule has 4 aromatic rings. The van der Waals surface area contributed by atoms with E-state index in [1.807, 2.05) is 48.5 Å². The fraction of sp³-hybridized carbons (Fsp3) is 0.160. The van der Waals surface area contributed by atoms with Crippen molar-refractivity contribution in [1.29, 1.82) is 0 Å². The summed E-state index contributed by atoms with van der Waals surface area (Å²) < 4.78 is 22.0. The van der Waals surface area contributed by atoms with Crippen molar-refractivity contribution >= 4 is 16.7 Å². The third kappa shape index (κ3) is 4.80. The number of benzene rings is 3. The van der Waals surface area contributed by atoms with Crippen LogP contribution in [0.5, 0.6) is 17.2 Å². The first-order valence-electron chi connectivity index (χ1n) is 9.85. The second kappa shape index (κ2) is 9.26. The molecular weight excluding hydrogens is 394 g/mol.